The molecule has 0 aliphatic carbocycles. The van der Waals surface area contributed by atoms with Crippen LogP contribution in [0, 0.1) is 13.8 Å². The van der Waals surface area contributed by atoms with Crippen molar-refractivity contribution in [3.05, 3.63) is 88.7 Å². The van der Waals surface area contributed by atoms with E-state index in [1.54, 1.807) is 31.2 Å². The molecule has 1 N–H and O–H groups in total. The second kappa shape index (κ2) is 8.58. The number of nitrogens with zero attached hydrogens (tertiary/aromatic N) is 2. The summed E-state index contributed by atoms with van der Waals surface area (Å²) in [6.07, 6.45) is 0. The summed E-state index contributed by atoms with van der Waals surface area (Å²) in [4.78, 5) is 40.1. The van der Waals surface area contributed by atoms with E-state index in [2.05, 4.69) is 9.88 Å². The van der Waals surface area contributed by atoms with Crippen LogP contribution in [0.25, 0.3) is 0 Å². The van der Waals surface area contributed by atoms with E-state index in [-0.39, 0.29) is 12.3 Å². The summed E-state index contributed by atoms with van der Waals surface area (Å²) in [5.41, 5.74) is 2.72. The molecule has 0 unspecified atom stereocenters. The molecule has 1 aliphatic rings. The van der Waals surface area contributed by atoms with Crippen LogP contribution in [0.4, 0.5) is 4.79 Å². The van der Waals surface area contributed by atoms with Crippen LogP contribution in [0.15, 0.2) is 60.7 Å². The summed E-state index contributed by atoms with van der Waals surface area (Å²) in [5.74, 6) is -0.163. The van der Waals surface area contributed by atoms with Crippen molar-refractivity contribution in [2.75, 3.05) is 13.7 Å². The number of ketones is 1. The number of imide groups is 1. The molecule has 2 heterocycles. The molecule has 1 aromatic heterocycles. The van der Waals surface area contributed by atoms with Crippen LogP contribution >= 0.6 is 0 Å². The predicted octanol–water partition coefficient (Wildman–Crippen LogP) is 3.81. The van der Waals surface area contributed by atoms with E-state index >= 15 is 0 Å². The average Bonchev–Trinajstić information content (AvgIpc) is 3.22. The van der Waals surface area contributed by atoms with Gasteiger partial charge in [0.05, 0.1) is 13.7 Å². The van der Waals surface area contributed by atoms with Gasteiger partial charge in [-0.2, -0.15) is 0 Å². The molecule has 2 aromatic carbocycles. The monoisotopic (exact) mass is 445 g/mol. The average molecular weight is 446 g/mol. The van der Waals surface area contributed by atoms with Crippen molar-refractivity contribution in [3.63, 3.8) is 0 Å². The van der Waals surface area contributed by atoms with Gasteiger partial charge in [0.2, 0.25) is 0 Å². The maximum atomic E-state index is 13.2. The van der Waals surface area contributed by atoms with Gasteiger partial charge < -0.3 is 14.6 Å². The highest BCUT2D eigenvalue weighted by molar-refractivity contribution is 6.11. The number of carbonyl (C=O) groups excluding carboxylic acids is 3. The minimum absolute atomic E-state index is 0.277. The maximum absolute atomic E-state index is 13.2. The first-order valence-corrected chi connectivity index (χ1v) is 10.8. The number of carbonyl (C=O) groups is 3. The molecule has 170 valence electrons. The third kappa shape index (κ3) is 4.02. The SMILES string of the molecule is COc1cccc([C@@]2(C)NC(=O)N(CC(=O)c3cc(C)n(Cc4ccccc4)c3C)C2=O)c1. The third-order valence-electron chi connectivity index (χ3n) is 6.28. The fourth-order valence-corrected chi connectivity index (χ4v) is 4.29. The minimum atomic E-state index is -1.27. The molecule has 33 heavy (non-hydrogen) atoms. The highest BCUT2D eigenvalue weighted by Gasteiger charge is 2.49. The van der Waals surface area contributed by atoms with Gasteiger partial charge in [0.15, 0.2) is 5.78 Å². The van der Waals surface area contributed by atoms with Gasteiger partial charge >= 0.3 is 6.03 Å². The topological polar surface area (TPSA) is 80.6 Å². The standard InChI is InChI=1S/C26H27N3O4/c1-17-13-22(18(2)28(17)15-19-9-6-5-7-10-19)23(30)16-29-24(31)26(3,27-25(29)32)20-11-8-12-21(14-20)33-4/h5-14H,15-16H2,1-4H3,(H,27,32)/t26-/m1/s1. The molecule has 4 rings (SSSR count). The molecule has 3 amide bonds. The summed E-state index contributed by atoms with van der Waals surface area (Å²) >= 11 is 0. The van der Waals surface area contributed by atoms with Crippen LogP contribution in [0.2, 0.25) is 0 Å². The summed E-state index contributed by atoms with van der Waals surface area (Å²) in [5, 5.41) is 2.74. The Hall–Kier alpha value is -3.87. The Labute approximate surface area is 193 Å². The summed E-state index contributed by atoms with van der Waals surface area (Å²) < 4.78 is 7.31. The number of urea groups is 1. The van der Waals surface area contributed by atoms with Crippen LogP contribution in [0.3, 0.4) is 0 Å². The molecule has 1 atom stereocenters. The Morgan fingerprint density at radius 2 is 1.76 bits per heavy atom. The first-order chi connectivity index (χ1) is 15.7. The lowest BCUT2D eigenvalue weighted by molar-refractivity contribution is -0.130. The fraction of sp³-hybridized carbons (Fsp3) is 0.269. The number of methoxy groups -OCH3 is 1. The van der Waals surface area contributed by atoms with Crippen molar-refractivity contribution in [2.45, 2.75) is 32.9 Å². The smallest absolute Gasteiger partial charge is 0.325 e. The van der Waals surface area contributed by atoms with Crippen molar-refractivity contribution in [1.82, 2.24) is 14.8 Å². The van der Waals surface area contributed by atoms with Crippen molar-refractivity contribution in [2.24, 2.45) is 0 Å². The van der Waals surface area contributed by atoms with Gasteiger partial charge in [-0.3, -0.25) is 14.5 Å². The molecular formula is C26H27N3O4. The molecule has 0 saturated carbocycles. The van der Waals surface area contributed by atoms with Crippen molar-refractivity contribution in [3.8, 4) is 5.75 Å². The highest BCUT2D eigenvalue weighted by Crippen LogP contribution is 2.31. The van der Waals surface area contributed by atoms with E-state index in [4.69, 9.17) is 4.74 Å². The fourth-order valence-electron chi connectivity index (χ4n) is 4.29. The number of amides is 3. The molecule has 1 aliphatic heterocycles. The van der Waals surface area contributed by atoms with E-state index in [1.807, 2.05) is 50.2 Å². The second-order valence-corrected chi connectivity index (χ2v) is 8.46. The number of hydrogen-bond acceptors (Lipinski definition) is 4. The van der Waals surface area contributed by atoms with Gasteiger partial charge in [-0.15, -0.1) is 0 Å². The number of aryl methyl sites for hydroxylation is 1. The molecule has 7 nitrogen and oxygen atoms in total. The zero-order valence-electron chi connectivity index (χ0n) is 19.2. The molecule has 0 bridgehead atoms. The van der Waals surface area contributed by atoms with Gasteiger partial charge in [-0.25, -0.2) is 4.79 Å². The Kier molecular flexibility index (Phi) is 5.80. The zero-order valence-corrected chi connectivity index (χ0v) is 19.2. The van der Waals surface area contributed by atoms with Gasteiger partial charge in [0.25, 0.3) is 5.91 Å². The summed E-state index contributed by atoms with van der Waals surface area (Å²) in [7, 11) is 1.54. The van der Waals surface area contributed by atoms with E-state index in [9.17, 15) is 14.4 Å². The lowest BCUT2D eigenvalue weighted by Crippen LogP contribution is -2.41. The highest BCUT2D eigenvalue weighted by atomic mass is 16.5. The Bertz CT molecular complexity index is 1230. The lowest BCUT2D eigenvalue weighted by atomic mass is 9.92. The Balaban J connectivity index is 1.56. The van der Waals surface area contributed by atoms with Gasteiger partial charge in [0, 0.05) is 23.5 Å². The van der Waals surface area contributed by atoms with E-state index in [1.165, 1.54) is 7.11 Å². The third-order valence-corrected chi connectivity index (χ3v) is 6.28. The molecule has 0 radical (unpaired) electrons. The van der Waals surface area contributed by atoms with Crippen LogP contribution in [-0.2, 0) is 16.9 Å². The number of ether oxygens (including phenoxy) is 1. The van der Waals surface area contributed by atoms with Crippen molar-refractivity contribution in [1.29, 1.82) is 0 Å². The summed E-state index contributed by atoms with van der Waals surface area (Å²) in [6.45, 7) is 5.79. The Morgan fingerprint density at radius 1 is 1.03 bits per heavy atom. The van der Waals surface area contributed by atoms with Crippen LogP contribution < -0.4 is 10.1 Å². The zero-order chi connectivity index (χ0) is 23.8. The molecule has 0 spiro atoms. The van der Waals surface area contributed by atoms with Crippen molar-refractivity contribution >= 4 is 17.7 Å². The van der Waals surface area contributed by atoms with Gasteiger partial charge in [-0.1, -0.05) is 42.5 Å². The minimum Gasteiger partial charge on any atom is -0.497 e. The summed E-state index contributed by atoms with van der Waals surface area (Å²) in [6, 6.07) is 18.2. The lowest BCUT2D eigenvalue weighted by Gasteiger charge is -2.22. The number of nitrogens with one attached hydrogen (secondary N) is 1. The molecular weight excluding hydrogens is 418 g/mol. The van der Waals surface area contributed by atoms with Gasteiger partial charge in [-0.05, 0) is 50.1 Å². The molecule has 1 fully saturated rings. The number of hydrogen-bond donors (Lipinski definition) is 1. The first-order valence-electron chi connectivity index (χ1n) is 10.8. The number of Topliss-reactive ketones (excluding diaryl/α,β-unsaturated/α-hetero) is 1. The van der Waals surface area contributed by atoms with E-state index in [0.717, 1.165) is 21.9 Å². The Morgan fingerprint density at radius 3 is 2.45 bits per heavy atom. The number of benzene rings is 2. The maximum Gasteiger partial charge on any atom is 0.325 e. The predicted molar refractivity (Wildman–Crippen MR) is 124 cm³/mol. The molecule has 7 heteroatoms. The largest absolute Gasteiger partial charge is 0.497 e. The number of aromatic nitrogens is 1. The molecule has 1 saturated heterocycles. The molecule has 3 aromatic rings. The van der Waals surface area contributed by atoms with Gasteiger partial charge in [0.1, 0.15) is 11.3 Å². The van der Waals surface area contributed by atoms with E-state index in [0.29, 0.717) is 23.4 Å². The van der Waals surface area contributed by atoms with Crippen LogP contribution in [-0.4, -0.2) is 40.8 Å². The first kappa shape index (κ1) is 22.3. The normalized spacial score (nSPS) is 17.9. The van der Waals surface area contributed by atoms with Crippen molar-refractivity contribution < 1.29 is 19.1 Å². The quantitative estimate of drug-likeness (QED) is 0.443. The van der Waals surface area contributed by atoms with E-state index < -0.39 is 17.5 Å². The number of rotatable bonds is 7. The second-order valence-electron chi connectivity index (χ2n) is 8.46. The van der Waals surface area contributed by atoms with Crippen LogP contribution in [0.5, 0.6) is 5.75 Å². The van der Waals surface area contributed by atoms with Crippen LogP contribution in [0.1, 0.15) is 39.8 Å².